The van der Waals surface area contributed by atoms with Crippen molar-refractivity contribution in [2.75, 3.05) is 19.8 Å². The smallest absolute Gasteiger partial charge is 0.192 e. The van der Waals surface area contributed by atoms with E-state index in [9.17, 15) is 8.78 Å². The number of hydrogen-bond acceptors (Lipinski definition) is 3. The molecule has 0 radical (unpaired) electrons. The molecule has 184 valence electrons. The molecule has 3 nitrogen and oxygen atoms in total. The van der Waals surface area contributed by atoms with Crippen molar-refractivity contribution in [3.63, 3.8) is 0 Å². The Morgan fingerprint density at radius 3 is 2.29 bits per heavy atom. The molecule has 1 aliphatic heterocycles. The van der Waals surface area contributed by atoms with Crippen LogP contribution in [0.1, 0.15) is 29.9 Å². The molecule has 2 aliphatic rings. The van der Waals surface area contributed by atoms with Crippen molar-refractivity contribution in [1.29, 1.82) is 0 Å². The first-order valence-corrected chi connectivity index (χ1v) is 11.7. The van der Waals surface area contributed by atoms with Crippen molar-refractivity contribution in [1.82, 2.24) is 0 Å². The van der Waals surface area contributed by atoms with Gasteiger partial charge >= 0.3 is 0 Å². The highest BCUT2D eigenvalue weighted by molar-refractivity contribution is 5.75. The standard InChI is InChI=1S/C29H29F3O3/c1-3-5-6-27-34-17-22(18-35-27)21-11-12-23(25(30)16-21)19-7-9-20(10-8-19)24-13-14-26(33-15-4-2)29(32)28(24)31/h3-4,7-14,16,22,27-29H,1-2,5-6,15,17-18H2. The van der Waals surface area contributed by atoms with E-state index < -0.39 is 12.3 Å². The van der Waals surface area contributed by atoms with Crippen molar-refractivity contribution < 1.29 is 27.4 Å². The largest absolute Gasteiger partial charge is 0.491 e. The average molecular weight is 483 g/mol. The second-order valence-electron chi connectivity index (χ2n) is 8.57. The Morgan fingerprint density at radius 1 is 0.914 bits per heavy atom. The highest BCUT2D eigenvalue weighted by Crippen LogP contribution is 2.34. The molecule has 2 unspecified atom stereocenters. The third-order valence-electron chi connectivity index (χ3n) is 6.19. The molecule has 1 aliphatic carbocycles. The van der Waals surface area contributed by atoms with Crippen LogP contribution in [0.2, 0.25) is 0 Å². The predicted octanol–water partition coefficient (Wildman–Crippen LogP) is 7.08. The van der Waals surface area contributed by atoms with Gasteiger partial charge in [-0.2, -0.15) is 0 Å². The topological polar surface area (TPSA) is 27.7 Å². The van der Waals surface area contributed by atoms with Crippen molar-refractivity contribution in [3.8, 4) is 11.1 Å². The molecule has 2 atom stereocenters. The van der Waals surface area contributed by atoms with Crippen molar-refractivity contribution in [3.05, 3.63) is 103 Å². The lowest BCUT2D eigenvalue weighted by Crippen LogP contribution is -2.30. The lowest BCUT2D eigenvalue weighted by atomic mass is 9.91. The number of hydrogen-bond donors (Lipinski definition) is 0. The second-order valence-corrected chi connectivity index (χ2v) is 8.57. The Balaban J connectivity index is 1.45. The van der Waals surface area contributed by atoms with Gasteiger partial charge in [-0.05, 0) is 40.8 Å². The minimum atomic E-state index is -1.88. The molecule has 2 aromatic carbocycles. The Morgan fingerprint density at radius 2 is 1.63 bits per heavy atom. The number of ether oxygens (including phenoxy) is 3. The van der Waals surface area contributed by atoms with E-state index in [0.717, 1.165) is 18.4 Å². The lowest BCUT2D eigenvalue weighted by Gasteiger charge is -2.29. The van der Waals surface area contributed by atoms with Crippen LogP contribution in [-0.4, -0.2) is 38.5 Å². The van der Waals surface area contributed by atoms with E-state index in [4.69, 9.17) is 14.2 Å². The first kappa shape index (κ1) is 25.0. The van der Waals surface area contributed by atoms with Gasteiger partial charge in [-0.25, -0.2) is 13.2 Å². The lowest BCUT2D eigenvalue weighted by molar-refractivity contribution is -0.189. The van der Waals surface area contributed by atoms with E-state index in [1.807, 2.05) is 12.1 Å². The fraction of sp³-hybridized carbons (Fsp3) is 0.310. The molecule has 1 heterocycles. The highest BCUT2D eigenvalue weighted by Gasteiger charge is 2.32. The molecule has 1 saturated heterocycles. The maximum Gasteiger partial charge on any atom is 0.192 e. The third kappa shape index (κ3) is 5.77. The van der Waals surface area contributed by atoms with Gasteiger partial charge in [0.1, 0.15) is 18.2 Å². The summed E-state index contributed by atoms with van der Waals surface area (Å²) in [5.74, 6) is -0.455. The molecule has 4 rings (SSSR count). The van der Waals surface area contributed by atoms with Gasteiger partial charge in [0, 0.05) is 17.9 Å². The van der Waals surface area contributed by atoms with Gasteiger partial charge in [0.25, 0.3) is 0 Å². The molecule has 0 spiro atoms. The summed E-state index contributed by atoms with van der Waals surface area (Å²) < 4.78 is 60.9. The summed E-state index contributed by atoms with van der Waals surface area (Å²) in [7, 11) is 0. The Labute approximate surface area is 204 Å². The molecular weight excluding hydrogens is 453 g/mol. The van der Waals surface area contributed by atoms with E-state index in [-0.39, 0.29) is 36.0 Å². The van der Waals surface area contributed by atoms with Gasteiger partial charge in [-0.15, -0.1) is 6.58 Å². The van der Waals surface area contributed by atoms with Crippen molar-refractivity contribution in [2.45, 2.75) is 37.4 Å². The minimum Gasteiger partial charge on any atom is -0.491 e. The Hall–Kier alpha value is -3.09. The molecule has 0 amide bonds. The molecular formula is C29H29F3O3. The van der Waals surface area contributed by atoms with Gasteiger partial charge in [0.05, 0.1) is 13.2 Å². The normalized spacial score (nSPS) is 24.3. The highest BCUT2D eigenvalue weighted by atomic mass is 19.2. The van der Waals surface area contributed by atoms with Crippen molar-refractivity contribution >= 4 is 5.57 Å². The first-order chi connectivity index (χ1) is 17.0. The molecule has 2 aromatic rings. The zero-order chi connectivity index (χ0) is 24.8. The van der Waals surface area contributed by atoms with Gasteiger partial charge in [0.15, 0.2) is 18.6 Å². The third-order valence-corrected chi connectivity index (χ3v) is 6.19. The SMILES string of the molecule is C=CCCC1OCC(c2ccc(-c3ccc(C4=CC=C(OCC=C)C(F)C4F)cc3)c(F)c2)CO1. The molecule has 0 bridgehead atoms. The molecule has 0 aromatic heterocycles. The summed E-state index contributed by atoms with van der Waals surface area (Å²) in [5.41, 5.74) is 2.64. The monoisotopic (exact) mass is 482 g/mol. The van der Waals surface area contributed by atoms with Crippen molar-refractivity contribution in [2.24, 2.45) is 0 Å². The van der Waals surface area contributed by atoms with Crippen LogP contribution in [0.4, 0.5) is 13.2 Å². The van der Waals surface area contributed by atoms with E-state index in [2.05, 4.69) is 13.2 Å². The molecule has 6 heteroatoms. The van der Waals surface area contributed by atoms with E-state index in [0.29, 0.717) is 29.9 Å². The summed E-state index contributed by atoms with van der Waals surface area (Å²) in [4.78, 5) is 0. The summed E-state index contributed by atoms with van der Waals surface area (Å²) in [6.07, 6.45) is 3.84. The number of benzene rings is 2. The fourth-order valence-electron chi connectivity index (χ4n) is 4.21. The average Bonchev–Trinajstić information content (AvgIpc) is 2.89. The van der Waals surface area contributed by atoms with Crippen LogP contribution in [0.5, 0.6) is 0 Å². The van der Waals surface area contributed by atoms with Crippen LogP contribution in [0.15, 0.2) is 85.7 Å². The number of alkyl halides is 2. The number of rotatable bonds is 9. The molecule has 35 heavy (non-hydrogen) atoms. The fourth-order valence-corrected chi connectivity index (χ4v) is 4.21. The molecule has 1 fully saturated rings. The van der Waals surface area contributed by atoms with Gasteiger partial charge in [-0.1, -0.05) is 61.2 Å². The Kier molecular flexibility index (Phi) is 8.26. The van der Waals surface area contributed by atoms with Crippen LogP contribution >= 0.6 is 0 Å². The van der Waals surface area contributed by atoms with Crippen LogP contribution in [0.3, 0.4) is 0 Å². The Bertz CT molecular complexity index is 1100. The quantitative estimate of drug-likeness (QED) is 0.358. The second kappa shape index (κ2) is 11.6. The van der Waals surface area contributed by atoms with Crippen LogP contribution in [0.25, 0.3) is 16.7 Å². The summed E-state index contributed by atoms with van der Waals surface area (Å²) in [6.45, 7) is 8.26. The number of allylic oxidation sites excluding steroid dienone is 5. The van der Waals surface area contributed by atoms with Gasteiger partial charge in [0.2, 0.25) is 0 Å². The number of halogens is 3. The zero-order valence-corrected chi connectivity index (χ0v) is 19.5. The maximum atomic E-state index is 15.0. The first-order valence-electron chi connectivity index (χ1n) is 11.7. The van der Waals surface area contributed by atoms with Gasteiger partial charge < -0.3 is 14.2 Å². The van der Waals surface area contributed by atoms with Crippen LogP contribution in [-0.2, 0) is 14.2 Å². The van der Waals surface area contributed by atoms with Crippen LogP contribution in [0, 0.1) is 5.82 Å². The summed E-state index contributed by atoms with van der Waals surface area (Å²) >= 11 is 0. The molecule has 0 N–H and O–H groups in total. The summed E-state index contributed by atoms with van der Waals surface area (Å²) in [6, 6.07) is 11.9. The van der Waals surface area contributed by atoms with Crippen LogP contribution < -0.4 is 0 Å². The predicted molar refractivity (Wildman–Crippen MR) is 132 cm³/mol. The summed E-state index contributed by atoms with van der Waals surface area (Å²) in [5, 5.41) is 0. The van der Waals surface area contributed by atoms with E-state index in [1.54, 1.807) is 30.3 Å². The van der Waals surface area contributed by atoms with E-state index >= 15 is 4.39 Å². The minimum absolute atomic E-state index is 0.0392. The van der Waals surface area contributed by atoms with E-state index in [1.165, 1.54) is 24.3 Å². The zero-order valence-electron chi connectivity index (χ0n) is 19.5. The molecule has 0 saturated carbocycles. The van der Waals surface area contributed by atoms with Gasteiger partial charge in [-0.3, -0.25) is 0 Å². The maximum absolute atomic E-state index is 15.0.